The van der Waals surface area contributed by atoms with Gasteiger partial charge in [0.15, 0.2) is 0 Å². The number of carbonyl (C=O) groups is 1. The van der Waals surface area contributed by atoms with E-state index in [0.717, 1.165) is 17.8 Å². The molecule has 17 heavy (non-hydrogen) atoms. The standard InChI is InChI=1S/C13H20N2O2/c1-6-12-10(4)14-15(11(12)5)8-9(3)13(16)17-7-2/h3,6-8H2,1-2,4-5H3. The van der Waals surface area contributed by atoms with Gasteiger partial charge in [0.25, 0.3) is 0 Å². The number of ether oxygens (including phenoxy) is 1. The molecule has 0 saturated carbocycles. The van der Waals surface area contributed by atoms with Gasteiger partial charge in [0.05, 0.1) is 24.4 Å². The third kappa shape index (κ3) is 2.96. The Morgan fingerprint density at radius 1 is 1.41 bits per heavy atom. The molecule has 94 valence electrons. The number of aromatic nitrogens is 2. The molecule has 0 aliphatic heterocycles. The summed E-state index contributed by atoms with van der Waals surface area (Å²) in [6.45, 7) is 12.4. The van der Waals surface area contributed by atoms with Crippen LogP contribution in [-0.4, -0.2) is 22.4 Å². The Morgan fingerprint density at radius 3 is 2.53 bits per heavy atom. The van der Waals surface area contributed by atoms with Gasteiger partial charge in [-0.15, -0.1) is 0 Å². The van der Waals surface area contributed by atoms with Crippen molar-refractivity contribution in [2.45, 2.75) is 40.7 Å². The topological polar surface area (TPSA) is 44.1 Å². The van der Waals surface area contributed by atoms with Crippen LogP contribution in [0.5, 0.6) is 0 Å². The Labute approximate surface area is 102 Å². The molecule has 0 saturated heterocycles. The summed E-state index contributed by atoms with van der Waals surface area (Å²) in [5.74, 6) is -0.349. The molecular weight excluding hydrogens is 216 g/mol. The summed E-state index contributed by atoms with van der Waals surface area (Å²) in [6, 6.07) is 0. The molecule has 4 heteroatoms. The van der Waals surface area contributed by atoms with Gasteiger partial charge in [-0.3, -0.25) is 4.68 Å². The summed E-state index contributed by atoms with van der Waals surface area (Å²) < 4.78 is 6.71. The lowest BCUT2D eigenvalue weighted by Crippen LogP contribution is -2.14. The lowest BCUT2D eigenvalue weighted by molar-refractivity contribution is -0.138. The van der Waals surface area contributed by atoms with Gasteiger partial charge in [0.1, 0.15) is 0 Å². The van der Waals surface area contributed by atoms with Gasteiger partial charge < -0.3 is 4.74 Å². The maximum absolute atomic E-state index is 11.5. The monoisotopic (exact) mass is 236 g/mol. The van der Waals surface area contributed by atoms with Gasteiger partial charge in [-0.2, -0.15) is 5.10 Å². The predicted molar refractivity (Wildman–Crippen MR) is 66.9 cm³/mol. The Hall–Kier alpha value is -1.58. The molecule has 1 rings (SSSR count). The second-order valence-electron chi connectivity index (χ2n) is 3.98. The third-order valence-electron chi connectivity index (χ3n) is 2.79. The summed E-state index contributed by atoms with van der Waals surface area (Å²) in [6.07, 6.45) is 0.948. The number of rotatable bonds is 5. The van der Waals surface area contributed by atoms with E-state index < -0.39 is 0 Å². The minimum Gasteiger partial charge on any atom is -0.463 e. The minimum absolute atomic E-state index is 0.349. The van der Waals surface area contributed by atoms with Crippen LogP contribution in [0.4, 0.5) is 0 Å². The molecule has 0 spiro atoms. The molecule has 0 fully saturated rings. The number of aryl methyl sites for hydroxylation is 1. The fourth-order valence-corrected chi connectivity index (χ4v) is 1.88. The van der Waals surface area contributed by atoms with Crippen LogP contribution in [0, 0.1) is 13.8 Å². The average molecular weight is 236 g/mol. The van der Waals surface area contributed by atoms with Crippen molar-refractivity contribution in [1.82, 2.24) is 9.78 Å². The molecule has 1 aromatic rings. The molecule has 0 atom stereocenters. The Morgan fingerprint density at radius 2 is 2.06 bits per heavy atom. The lowest BCUT2D eigenvalue weighted by atomic mass is 10.1. The van der Waals surface area contributed by atoms with Gasteiger partial charge in [0.2, 0.25) is 0 Å². The van der Waals surface area contributed by atoms with Crippen molar-refractivity contribution < 1.29 is 9.53 Å². The number of hydrogen-bond donors (Lipinski definition) is 0. The summed E-state index contributed by atoms with van der Waals surface area (Å²) >= 11 is 0. The second-order valence-corrected chi connectivity index (χ2v) is 3.98. The van der Waals surface area contributed by atoms with Gasteiger partial charge in [0, 0.05) is 5.69 Å². The molecule has 0 radical (unpaired) electrons. The molecular formula is C13H20N2O2. The summed E-state index contributed by atoms with van der Waals surface area (Å²) in [5.41, 5.74) is 3.78. The Balaban J connectivity index is 2.82. The second kappa shape index (κ2) is 5.66. The van der Waals surface area contributed by atoms with E-state index in [2.05, 4.69) is 18.6 Å². The van der Waals surface area contributed by atoms with E-state index in [0.29, 0.717) is 18.7 Å². The average Bonchev–Trinajstić information content (AvgIpc) is 2.54. The zero-order valence-corrected chi connectivity index (χ0v) is 11.0. The quantitative estimate of drug-likeness (QED) is 0.581. The molecule has 0 aliphatic carbocycles. The van der Waals surface area contributed by atoms with E-state index in [1.807, 2.05) is 18.5 Å². The summed E-state index contributed by atoms with van der Waals surface area (Å²) in [7, 11) is 0. The number of carbonyl (C=O) groups excluding carboxylic acids is 1. The van der Waals surface area contributed by atoms with Crippen molar-refractivity contribution in [3.05, 3.63) is 29.1 Å². The van der Waals surface area contributed by atoms with Gasteiger partial charge >= 0.3 is 5.97 Å². The molecule has 4 nitrogen and oxygen atoms in total. The van der Waals surface area contributed by atoms with Crippen molar-refractivity contribution in [2.75, 3.05) is 6.61 Å². The van der Waals surface area contributed by atoms with Gasteiger partial charge in [-0.05, 0) is 32.8 Å². The van der Waals surface area contributed by atoms with Gasteiger partial charge in [-0.25, -0.2) is 4.79 Å². The van der Waals surface area contributed by atoms with E-state index in [1.54, 1.807) is 6.92 Å². The molecule has 0 N–H and O–H groups in total. The van der Waals surface area contributed by atoms with Crippen LogP contribution in [0.25, 0.3) is 0 Å². The van der Waals surface area contributed by atoms with E-state index in [-0.39, 0.29) is 5.97 Å². The first-order chi connectivity index (χ1) is 8.01. The maximum atomic E-state index is 11.5. The Kier molecular flexibility index (Phi) is 4.49. The molecule has 1 heterocycles. The highest BCUT2D eigenvalue weighted by Crippen LogP contribution is 2.14. The fourth-order valence-electron chi connectivity index (χ4n) is 1.88. The molecule has 0 bridgehead atoms. The number of nitrogens with zero attached hydrogens (tertiary/aromatic N) is 2. The van der Waals surface area contributed by atoms with E-state index >= 15 is 0 Å². The first kappa shape index (κ1) is 13.5. The first-order valence-corrected chi connectivity index (χ1v) is 5.89. The Bertz CT molecular complexity index is 433. The number of esters is 1. The first-order valence-electron chi connectivity index (χ1n) is 5.89. The molecule has 0 unspecified atom stereocenters. The normalized spacial score (nSPS) is 10.4. The highest BCUT2D eigenvalue weighted by Gasteiger charge is 2.13. The zero-order chi connectivity index (χ0) is 13.0. The largest absolute Gasteiger partial charge is 0.463 e. The van der Waals surface area contributed by atoms with Crippen LogP contribution in [0.3, 0.4) is 0 Å². The van der Waals surface area contributed by atoms with Crippen molar-refractivity contribution in [3.8, 4) is 0 Å². The van der Waals surface area contributed by atoms with Crippen LogP contribution >= 0.6 is 0 Å². The van der Waals surface area contributed by atoms with Crippen LogP contribution in [0.2, 0.25) is 0 Å². The van der Waals surface area contributed by atoms with Crippen LogP contribution in [-0.2, 0) is 22.5 Å². The third-order valence-corrected chi connectivity index (χ3v) is 2.79. The SMILES string of the molecule is C=C(Cn1nc(C)c(CC)c1C)C(=O)OCC. The molecule has 1 aromatic heterocycles. The zero-order valence-electron chi connectivity index (χ0n) is 11.0. The summed E-state index contributed by atoms with van der Waals surface area (Å²) in [5, 5.41) is 4.41. The van der Waals surface area contributed by atoms with Crippen molar-refractivity contribution in [3.63, 3.8) is 0 Å². The summed E-state index contributed by atoms with van der Waals surface area (Å²) in [4.78, 5) is 11.5. The molecule has 0 aliphatic rings. The minimum atomic E-state index is -0.349. The lowest BCUT2D eigenvalue weighted by Gasteiger charge is -2.07. The van der Waals surface area contributed by atoms with Crippen molar-refractivity contribution >= 4 is 5.97 Å². The maximum Gasteiger partial charge on any atom is 0.335 e. The number of hydrogen-bond acceptors (Lipinski definition) is 3. The van der Waals surface area contributed by atoms with Crippen molar-refractivity contribution in [1.29, 1.82) is 0 Å². The van der Waals surface area contributed by atoms with E-state index in [9.17, 15) is 4.79 Å². The van der Waals surface area contributed by atoms with Crippen molar-refractivity contribution in [2.24, 2.45) is 0 Å². The molecule has 0 amide bonds. The highest BCUT2D eigenvalue weighted by molar-refractivity contribution is 5.87. The van der Waals surface area contributed by atoms with E-state index in [4.69, 9.17) is 4.74 Å². The fraction of sp³-hybridized carbons (Fsp3) is 0.538. The van der Waals surface area contributed by atoms with E-state index in [1.165, 1.54) is 5.56 Å². The van der Waals surface area contributed by atoms with Gasteiger partial charge in [-0.1, -0.05) is 13.5 Å². The van der Waals surface area contributed by atoms with Crippen LogP contribution in [0.1, 0.15) is 30.8 Å². The molecule has 0 aromatic carbocycles. The predicted octanol–water partition coefficient (Wildman–Crippen LogP) is 2.18. The van der Waals surface area contributed by atoms with Crippen LogP contribution < -0.4 is 0 Å². The smallest absolute Gasteiger partial charge is 0.335 e. The highest BCUT2D eigenvalue weighted by atomic mass is 16.5. The van der Waals surface area contributed by atoms with Crippen LogP contribution in [0.15, 0.2) is 12.2 Å².